The third-order valence-corrected chi connectivity index (χ3v) is 6.80. The number of benzene rings is 1. The van der Waals surface area contributed by atoms with E-state index >= 15 is 0 Å². The van der Waals surface area contributed by atoms with Crippen LogP contribution in [-0.2, 0) is 20.6 Å². The van der Waals surface area contributed by atoms with Gasteiger partial charge >= 0.3 is 0 Å². The van der Waals surface area contributed by atoms with Gasteiger partial charge in [-0.25, -0.2) is 0 Å². The Bertz CT molecular complexity index is 726. The fourth-order valence-corrected chi connectivity index (χ4v) is 5.12. The summed E-state index contributed by atoms with van der Waals surface area (Å²) < 4.78 is 18.2. The molecule has 3 unspecified atom stereocenters. The number of hydrogen-bond donors (Lipinski definition) is 6. The van der Waals surface area contributed by atoms with Crippen LogP contribution >= 0.6 is 0 Å². The standard InChI is InChI=1S/C22H35N3O6/c1-12-11-14(25-10-9-13-7-5-4-6-8-13)22(28)21(29-12)30-20-18(27)15(23-2)17(26)16(24-3)19(20)31-22/h4-8,12,14-21,23-28H,9-11H2,1-3H3/t12-,14-,15-,16+,17+,18+,19?,20?,21?,22+/m1/s1. The maximum Gasteiger partial charge on any atom is 0.234 e. The highest BCUT2D eigenvalue weighted by Crippen LogP contribution is 2.41. The van der Waals surface area contributed by atoms with Crippen molar-refractivity contribution in [1.29, 1.82) is 0 Å². The minimum absolute atomic E-state index is 0.161. The van der Waals surface area contributed by atoms with Gasteiger partial charge in [0, 0.05) is 0 Å². The first-order valence-corrected chi connectivity index (χ1v) is 11.1. The van der Waals surface area contributed by atoms with Crippen LogP contribution in [0.15, 0.2) is 30.3 Å². The van der Waals surface area contributed by atoms with Crippen molar-refractivity contribution in [1.82, 2.24) is 16.0 Å². The normalized spacial score (nSPS) is 45.0. The summed E-state index contributed by atoms with van der Waals surface area (Å²) in [7, 11) is 3.39. The molecule has 2 saturated heterocycles. The molecule has 1 aliphatic carbocycles. The predicted octanol–water partition coefficient (Wildman–Crippen LogP) is -1.29. The maximum absolute atomic E-state index is 11.6. The van der Waals surface area contributed by atoms with Gasteiger partial charge in [-0.15, -0.1) is 0 Å². The summed E-state index contributed by atoms with van der Waals surface area (Å²) in [5, 5.41) is 42.6. The molecular formula is C22H35N3O6. The van der Waals surface area contributed by atoms with Gasteiger partial charge in [-0.2, -0.15) is 0 Å². The first kappa shape index (κ1) is 23.0. The minimum Gasteiger partial charge on any atom is -0.390 e. The number of aliphatic hydroxyl groups excluding tert-OH is 2. The number of ether oxygens (including phenoxy) is 3. The highest BCUT2D eigenvalue weighted by atomic mass is 16.8. The van der Waals surface area contributed by atoms with Crippen molar-refractivity contribution in [2.75, 3.05) is 20.6 Å². The molecule has 1 saturated carbocycles. The van der Waals surface area contributed by atoms with E-state index in [9.17, 15) is 15.3 Å². The fourth-order valence-electron chi connectivity index (χ4n) is 5.12. The third-order valence-electron chi connectivity index (χ3n) is 6.80. The molecule has 9 nitrogen and oxygen atoms in total. The topological polar surface area (TPSA) is 124 Å². The molecule has 31 heavy (non-hydrogen) atoms. The van der Waals surface area contributed by atoms with Crippen molar-refractivity contribution in [2.45, 2.75) is 80.5 Å². The second kappa shape index (κ2) is 9.38. The molecule has 10 atom stereocenters. The molecule has 1 aromatic rings. The minimum atomic E-state index is -1.74. The molecule has 2 aliphatic heterocycles. The SMILES string of the molecule is CN[C@@H]1[C@H](O)[C@H](NC)C2O[C@]3(O)C(OC2[C@H]1O)O[C@H](C)C[C@H]3NCCc1ccccc1. The van der Waals surface area contributed by atoms with E-state index in [4.69, 9.17) is 14.2 Å². The number of aliphatic hydroxyl groups is 3. The first-order chi connectivity index (χ1) is 14.9. The molecule has 174 valence electrons. The summed E-state index contributed by atoms with van der Waals surface area (Å²) >= 11 is 0. The van der Waals surface area contributed by atoms with Crippen LogP contribution in [0.3, 0.4) is 0 Å². The van der Waals surface area contributed by atoms with Gasteiger partial charge in [0.1, 0.15) is 18.3 Å². The lowest BCUT2D eigenvalue weighted by Crippen LogP contribution is -2.79. The molecule has 9 heteroatoms. The zero-order valence-corrected chi connectivity index (χ0v) is 18.3. The number of likely N-dealkylation sites (N-methyl/N-ethyl adjacent to an activating group) is 2. The lowest BCUT2D eigenvalue weighted by atomic mass is 9.79. The number of hydrogen-bond acceptors (Lipinski definition) is 9. The van der Waals surface area contributed by atoms with Crippen LogP contribution in [0.5, 0.6) is 0 Å². The van der Waals surface area contributed by atoms with Crippen molar-refractivity contribution in [3.8, 4) is 0 Å². The Morgan fingerprint density at radius 1 is 1.00 bits per heavy atom. The highest BCUT2D eigenvalue weighted by molar-refractivity contribution is 5.15. The Labute approximate surface area is 183 Å². The van der Waals surface area contributed by atoms with Gasteiger partial charge in [0.25, 0.3) is 0 Å². The van der Waals surface area contributed by atoms with E-state index in [0.29, 0.717) is 13.0 Å². The van der Waals surface area contributed by atoms with Crippen molar-refractivity contribution in [2.24, 2.45) is 0 Å². The van der Waals surface area contributed by atoms with Crippen LogP contribution in [0.1, 0.15) is 18.9 Å². The molecule has 0 bridgehead atoms. The lowest BCUT2D eigenvalue weighted by molar-refractivity contribution is -0.449. The largest absolute Gasteiger partial charge is 0.390 e. The smallest absolute Gasteiger partial charge is 0.234 e. The Kier molecular flexibility index (Phi) is 6.97. The zero-order chi connectivity index (χ0) is 22.2. The monoisotopic (exact) mass is 437 g/mol. The maximum atomic E-state index is 11.6. The Morgan fingerprint density at radius 3 is 2.39 bits per heavy atom. The zero-order valence-electron chi connectivity index (χ0n) is 18.3. The summed E-state index contributed by atoms with van der Waals surface area (Å²) in [5.41, 5.74) is 1.20. The quantitative estimate of drug-likeness (QED) is 0.322. The molecule has 4 rings (SSSR count). The second-order valence-corrected chi connectivity index (χ2v) is 8.80. The highest BCUT2D eigenvalue weighted by Gasteiger charge is 2.63. The van der Waals surface area contributed by atoms with E-state index in [-0.39, 0.29) is 6.10 Å². The summed E-state index contributed by atoms with van der Waals surface area (Å²) in [5.74, 6) is -1.74. The van der Waals surface area contributed by atoms with Crippen LogP contribution in [0, 0.1) is 0 Å². The first-order valence-electron chi connectivity index (χ1n) is 11.1. The van der Waals surface area contributed by atoms with Crippen LogP contribution in [0.4, 0.5) is 0 Å². The van der Waals surface area contributed by atoms with Crippen LogP contribution in [-0.4, -0.2) is 96.7 Å². The summed E-state index contributed by atoms with van der Waals surface area (Å²) in [6, 6.07) is 8.55. The Hall–Kier alpha value is -1.14. The van der Waals surface area contributed by atoms with Gasteiger partial charge in [-0.05, 0) is 46.0 Å². The van der Waals surface area contributed by atoms with Gasteiger partial charge in [0.2, 0.25) is 12.1 Å². The van der Waals surface area contributed by atoms with Gasteiger partial charge in [-0.1, -0.05) is 30.3 Å². The second-order valence-electron chi connectivity index (χ2n) is 8.80. The van der Waals surface area contributed by atoms with Gasteiger partial charge < -0.3 is 45.5 Å². The Balaban J connectivity index is 1.52. The van der Waals surface area contributed by atoms with Crippen LogP contribution in [0.2, 0.25) is 0 Å². The van der Waals surface area contributed by atoms with Crippen LogP contribution < -0.4 is 16.0 Å². The third kappa shape index (κ3) is 4.27. The summed E-state index contributed by atoms with van der Waals surface area (Å²) in [6.45, 7) is 2.57. The van der Waals surface area contributed by atoms with Crippen LogP contribution in [0.25, 0.3) is 0 Å². The fraction of sp³-hybridized carbons (Fsp3) is 0.727. The lowest BCUT2D eigenvalue weighted by Gasteiger charge is -2.58. The van der Waals surface area contributed by atoms with E-state index in [1.54, 1.807) is 14.1 Å². The van der Waals surface area contributed by atoms with Gasteiger partial charge in [0.15, 0.2) is 0 Å². The molecule has 1 aromatic carbocycles. The molecule has 3 aliphatic rings. The van der Waals surface area contributed by atoms with E-state index < -0.39 is 54.6 Å². The van der Waals surface area contributed by atoms with E-state index in [1.807, 2.05) is 25.1 Å². The molecule has 0 amide bonds. The van der Waals surface area contributed by atoms with Crippen molar-refractivity contribution >= 4 is 0 Å². The number of fused-ring (bicyclic) bond motifs is 2. The Morgan fingerprint density at radius 2 is 1.71 bits per heavy atom. The number of nitrogens with one attached hydrogen (secondary N) is 3. The predicted molar refractivity (Wildman–Crippen MR) is 113 cm³/mol. The molecule has 2 heterocycles. The number of rotatable bonds is 6. The van der Waals surface area contributed by atoms with E-state index in [0.717, 1.165) is 6.42 Å². The summed E-state index contributed by atoms with van der Waals surface area (Å²) in [4.78, 5) is 0. The van der Waals surface area contributed by atoms with Crippen molar-refractivity contribution < 1.29 is 29.5 Å². The van der Waals surface area contributed by atoms with Gasteiger partial charge in [0.05, 0.1) is 30.3 Å². The molecule has 3 fully saturated rings. The van der Waals surface area contributed by atoms with Gasteiger partial charge in [-0.3, -0.25) is 0 Å². The molecule has 6 N–H and O–H groups in total. The average Bonchev–Trinajstić information content (AvgIpc) is 2.75. The molecule has 0 radical (unpaired) electrons. The molecule has 0 spiro atoms. The van der Waals surface area contributed by atoms with Crippen molar-refractivity contribution in [3.63, 3.8) is 0 Å². The molecular weight excluding hydrogens is 402 g/mol. The van der Waals surface area contributed by atoms with Crippen molar-refractivity contribution in [3.05, 3.63) is 35.9 Å². The van der Waals surface area contributed by atoms with E-state index in [2.05, 4.69) is 28.1 Å². The van der Waals surface area contributed by atoms with E-state index in [1.165, 1.54) is 5.56 Å². The molecule has 0 aromatic heterocycles. The average molecular weight is 438 g/mol. The summed E-state index contributed by atoms with van der Waals surface area (Å²) in [6.07, 6.45) is -3.34.